The van der Waals surface area contributed by atoms with Gasteiger partial charge in [-0.25, -0.2) is 8.78 Å². The Morgan fingerprint density at radius 3 is 2.93 bits per heavy atom. The lowest BCUT2D eigenvalue weighted by Gasteiger charge is -2.12. The maximum absolute atomic E-state index is 13.1. The predicted molar refractivity (Wildman–Crippen MR) is 48.3 cm³/mol. The summed E-state index contributed by atoms with van der Waals surface area (Å²) < 4.78 is 31.2. The molecule has 0 spiro atoms. The molecular formula is C10H11F2NO. The van der Waals surface area contributed by atoms with E-state index in [1.807, 2.05) is 0 Å². The molecular weight excluding hydrogens is 188 g/mol. The first-order valence-electron chi connectivity index (χ1n) is 4.58. The molecule has 1 aliphatic heterocycles. The largest absolute Gasteiger partial charge is 0.486 e. The van der Waals surface area contributed by atoms with Gasteiger partial charge in [-0.3, -0.25) is 0 Å². The van der Waals surface area contributed by atoms with Gasteiger partial charge in [-0.1, -0.05) is 0 Å². The molecule has 0 aromatic heterocycles. The van der Waals surface area contributed by atoms with E-state index in [1.54, 1.807) is 0 Å². The Morgan fingerprint density at radius 1 is 1.36 bits per heavy atom. The van der Waals surface area contributed by atoms with Crippen LogP contribution in [0.3, 0.4) is 0 Å². The summed E-state index contributed by atoms with van der Waals surface area (Å²) in [5, 5.41) is 3.09. The minimum absolute atomic E-state index is 0.00120. The summed E-state index contributed by atoms with van der Waals surface area (Å²) in [4.78, 5) is 0. The smallest absolute Gasteiger partial charge is 0.165 e. The second-order valence-corrected chi connectivity index (χ2v) is 3.31. The van der Waals surface area contributed by atoms with Crippen molar-refractivity contribution >= 4 is 0 Å². The number of nitrogens with one attached hydrogen (secondary N) is 1. The minimum atomic E-state index is -0.515. The molecule has 14 heavy (non-hydrogen) atoms. The number of halogens is 2. The summed E-state index contributed by atoms with van der Waals surface area (Å²) in [5.41, 5.74) is 0. The highest BCUT2D eigenvalue weighted by atomic mass is 19.1. The number of hydrogen-bond acceptors (Lipinski definition) is 2. The van der Waals surface area contributed by atoms with Crippen molar-refractivity contribution in [3.63, 3.8) is 0 Å². The molecule has 2 rings (SSSR count). The van der Waals surface area contributed by atoms with Crippen molar-refractivity contribution in [3.8, 4) is 5.75 Å². The molecule has 2 nitrogen and oxygen atoms in total. The summed E-state index contributed by atoms with van der Waals surface area (Å²) in [5.74, 6) is -0.996. The Morgan fingerprint density at radius 2 is 2.21 bits per heavy atom. The van der Waals surface area contributed by atoms with Crippen molar-refractivity contribution in [2.24, 2.45) is 0 Å². The summed E-state index contributed by atoms with van der Waals surface area (Å²) in [6, 6.07) is 3.23. The molecule has 0 unspecified atom stereocenters. The fourth-order valence-electron chi connectivity index (χ4n) is 1.48. The van der Waals surface area contributed by atoms with Gasteiger partial charge in [0.15, 0.2) is 11.6 Å². The second-order valence-electron chi connectivity index (χ2n) is 3.31. The van der Waals surface area contributed by atoms with Gasteiger partial charge >= 0.3 is 0 Å². The molecule has 0 bridgehead atoms. The molecule has 1 fully saturated rings. The molecule has 1 N–H and O–H groups in total. The van der Waals surface area contributed by atoms with Crippen molar-refractivity contribution in [2.75, 3.05) is 13.1 Å². The lowest BCUT2D eigenvalue weighted by molar-refractivity contribution is 0.212. The maximum atomic E-state index is 13.1. The van der Waals surface area contributed by atoms with E-state index in [-0.39, 0.29) is 11.9 Å². The van der Waals surface area contributed by atoms with Gasteiger partial charge in [-0.2, -0.15) is 0 Å². The Bertz CT molecular complexity index is 324. The maximum Gasteiger partial charge on any atom is 0.165 e. The summed E-state index contributed by atoms with van der Waals surface area (Å²) in [7, 11) is 0. The molecule has 1 aromatic carbocycles. The number of rotatable bonds is 2. The van der Waals surface area contributed by atoms with Crippen LogP contribution in [0.1, 0.15) is 6.42 Å². The van der Waals surface area contributed by atoms with Gasteiger partial charge in [0.05, 0.1) is 0 Å². The molecule has 0 radical (unpaired) electrons. The van der Waals surface area contributed by atoms with E-state index in [4.69, 9.17) is 4.74 Å². The standard InChI is InChI=1S/C10H11F2NO/c11-7-1-2-9(12)10(5-7)14-8-3-4-13-6-8/h1-2,5,8,13H,3-4,6H2/t8-/m0/s1. The van der Waals surface area contributed by atoms with Crippen LogP contribution in [0.25, 0.3) is 0 Å². The lowest BCUT2D eigenvalue weighted by atomic mass is 10.3. The van der Waals surface area contributed by atoms with Gasteiger partial charge < -0.3 is 10.1 Å². The van der Waals surface area contributed by atoms with Crippen LogP contribution >= 0.6 is 0 Å². The second kappa shape index (κ2) is 3.92. The predicted octanol–water partition coefficient (Wildman–Crippen LogP) is 1.71. The first-order chi connectivity index (χ1) is 6.75. The number of hydrogen-bond donors (Lipinski definition) is 1. The first kappa shape index (κ1) is 9.40. The summed E-state index contributed by atoms with van der Waals surface area (Å²) in [6.45, 7) is 1.55. The third-order valence-electron chi connectivity index (χ3n) is 2.20. The highest BCUT2D eigenvalue weighted by molar-refractivity contribution is 5.25. The van der Waals surface area contributed by atoms with Crippen LogP contribution in [-0.4, -0.2) is 19.2 Å². The van der Waals surface area contributed by atoms with Gasteiger partial charge in [-0.15, -0.1) is 0 Å². The monoisotopic (exact) mass is 199 g/mol. The van der Waals surface area contributed by atoms with Crippen molar-refractivity contribution in [3.05, 3.63) is 29.8 Å². The van der Waals surface area contributed by atoms with E-state index in [9.17, 15) is 8.78 Å². The quantitative estimate of drug-likeness (QED) is 0.782. The van der Waals surface area contributed by atoms with Crippen LogP contribution in [-0.2, 0) is 0 Å². The topological polar surface area (TPSA) is 21.3 Å². The Hall–Kier alpha value is -1.16. The number of ether oxygens (including phenoxy) is 1. The summed E-state index contributed by atoms with van der Waals surface area (Å²) in [6.07, 6.45) is 0.780. The molecule has 1 aromatic rings. The van der Waals surface area contributed by atoms with Gasteiger partial charge in [0.2, 0.25) is 0 Å². The lowest BCUT2D eigenvalue weighted by Crippen LogP contribution is -2.20. The van der Waals surface area contributed by atoms with Crippen molar-refractivity contribution in [1.29, 1.82) is 0 Å². The molecule has 4 heteroatoms. The molecule has 0 saturated carbocycles. The zero-order chi connectivity index (χ0) is 9.97. The molecule has 0 amide bonds. The zero-order valence-corrected chi connectivity index (χ0v) is 7.59. The van der Waals surface area contributed by atoms with Gasteiger partial charge in [0.1, 0.15) is 11.9 Å². The first-order valence-corrected chi connectivity index (χ1v) is 4.58. The van der Waals surface area contributed by atoms with Crippen LogP contribution < -0.4 is 10.1 Å². The van der Waals surface area contributed by atoms with E-state index < -0.39 is 11.6 Å². The third kappa shape index (κ3) is 2.01. The number of benzene rings is 1. The van der Waals surface area contributed by atoms with Crippen molar-refractivity contribution < 1.29 is 13.5 Å². The van der Waals surface area contributed by atoms with Gasteiger partial charge in [-0.05, 0) is 25.1 Å². The Balaban J connectivity index is 2.10. The minimum Gasteiger partial charge on any atom is -0.486 e. The van der Waals surface area contributed by atoms with E-state index in [0.717, 1.165) is 31.2 Å². The van der Waals surface area contributed by atoms with Gasteiger partial charge in [0, 0.05) is 12.6 Å². The fourth-order valence-corrected chi connectivity index (χ4v) is 1.48. The van der Waals surface area contributed by atoms with Crippen LogP contribution in [0.15, 0.2) is 18.2 Å². The Labute approximate surface area is 80.9 Å². The van der Waals surface area contributed by atoms with E-state index in [0.29, 0.717) is 6.54 Å². The molecule has 76 valence electrons. The average molecular weight is 199 g/mol. The van der Waals surface area contributed by atoms with Gasteiger partial charge in [0.25, 0.3) is 0 Å². The SMILES string of the molecule is Fc1ccc(F)c(O[C@H]2CCNC2)c1. The average Bonchev–Trinajstić information content (AvgIpc) is 2.64. The van der Waals surface area contributed by atoms with Crippen LogP contribution in [0, 0.1) is 11.6 Å². The van der Waals surface area contributed by atoms with Crippen LogP contribution in [0.5, 0.6) is 5.75 Å². The Kier molecular flexibility index (Phi) is 2.63. The van der Waals surface area contributed by atoms with E-state index in [2.05, 4.69) is 5.32 Å². The van der Waals surface area contributed by atoms with E-state index in [1.165, 1.54) is 0 Å². The van der Waals surface area contributed by atoms with Crippen molar-refractivity contribution in [1.82, 2.24) is 5.32 Å². The molecule has 1 saturated heterocycles. The molecule has 0 aliphatic carbocycles. The fraction of sp³-hybridized carbons (Fsp3) is 0.400. The highest BCUT2D eigenvalue weighted by Crippen LogP contribution is 2.20. The highest BCUT2D eigenvalue weighted by Gasteiger charge is 2.17. The van der Waals surface area contributed by atoms with Crippen LogP contribution in [0.2, 0.25) is 0 Å². The third-order valence-corrected chi connectivity index (χ3v) is 2.20. The van der Waals surface area contributed by atoms with Crippen molar-refractivity contribution in [2.45, 2.75) is 12.5 Å². The zero-order valence-electron chi connectivity index (χ0n) is 7.59. The molecule has 1 atom stereocenters. The summed E-state index contributed by atoms with van der Waals surface area (Å²) >= 11 is 0. The molecule has 1 heterocycles. The molecule has 1 aliphatic rings. The van der Waals surface area contributed by atoms with Crippen LogP contribution in [0.4, 0.5) is 8.78 Å². The van der Waals surface area contributed by atoms with E-state index >= 15 is 0 Å². The normalized spacial score (nSPS) is 21.1.